The number of benzene rings is 2. The molecule has 1 heterocycles. The highest BCUT2D eigenvalue weighted by molar-refractivity contribution is 7.19. The molecule has 0 atom stereocenters. The molecule has 0 unspecified atom stereocenters. The largest absolute Gasteiger partial charge is 0.492 e. The van der Waals surface area contributed by atoms with Crippen molar-refractivity contribution in [3.63, 3.8) is 0 Å². The summed E-state index contributed by atoms with van der Waals surface area (Å²) in [5, 5.41) is 12.6. The third kappa shape index (κ3) is 3.27. The molecule has 5 nitrogen and oxygen atoms in total. The Balaban J connectivity index is 1.55. The fourth-order valence-corrected chi connectivity index (χ4v) is 2.81. The van der Waals surface area contributed by atoms with E-state index >= 15 is 0 Å². The molecule has 0 aliphatic heterocycles. The lowest BCUT2D eigenvalue weighted by Crippen LogP contribution is -2.11. The van der Waals surface area contributed by atoms with E-state index in [1.807, 2.05) is 42.5 Å². The van der Waals surface area contributed by atoms with Gasteiger partial charge in [0.1, 0.15) is 18.4 Å². The molecule has 1 aromatic heterocycles. The van der Waals surface area contributed by atoms with Gasteiger partial charge in [-0.1, -0.05) is 0 Å². The van der Waals surface area contributed by atoms with E-state index in [9.17, 15) is 0 Å². The Morgan fingerprint density at radius 2 is 2.05 bits per heavy atom. The van der Waals surface area contributed by atoms with Crippen molar-refractivity contribution < 1.29 is 4.74 Å². The molecule has 110 valence electrons. The van der Waals surface area contributed by atoms with E-state index in [-0.39, 0.29) is 0 Å². The van der Waals surface area contributed by atoms with Gasteiger partial charge in [0.05, 0.1) is 10.2 Å². The Morgan fingerprint density at radius 1 is 1.23 bits per heavy atom. The maximum absolute atomic E-state index is 8.86. The number of nitrogen functional groups attached to an aromatic ring is 1. The highest BCUT2D eigenvalue weighted by atomic mass is 32.1. The van der Waals surface area contributed by atoms with Crippen molar-refractivity contribution in [3.8, 4) is 11.8 Å². The van der Waals surface area contributed by atoms with Crippen LogP contribution < -0.4 is 15.8 Å². The highest BCUT2D eigenvalue weighted by Gasteiger charge is 2.03. The molecule has 22 heavy (non-hydrogen) atoms. The maximum atomic E-state index is 8.86. The molecular formula is C16H14N4OS. The first kappa shape index (κ1) is 14.2. The lowest BCUT2D eigenvalue weighted by Gasteiger charge is -2.08. The zero-order valence-electron chi connectivity index (χ0n) is 11.7. The van der Waals surface area contributed by atoms with Gasteiger partial charge in [0.15, 0.2) is 5.01 Å². The van der Waals surface area contributed by atoms with Crippen LogP contribution in [0.25, 0.3) is 10.2 Å². The summed E-state index contributed by atoms with van der Waals surface area (Å²) in [5.41, 5.74) is 8.18. The molecule has 0 saturated carbocycles. The van der Waals surface area contributed by atoms with Crippen molar-refractivity contribution >= 4 is 32.9 Å². The van der Waals surface area contributed by atoms with Crippen LogP contribution in [0.5, 0.6) is 5.75 Å². The van der Waals surface area contributed by atoms with Crippen molar-refractivity contribution in [2.45, 2.75) is 0 Å². The second-order valence-electron chi connectivity index (χ2n) is 4.66. The van der Waals surface area contributed by atoms with Crippen LogP contribution in [-0.2, 0) is 0 Å². The molecule has 0 spiro atoms. The topological polar surface area (TPSA) is 84.0 Å². The Hall–Kier alpha value is -2.78. The van der Waals surface area contributed by atoms with Crippen LogP contribution in [0, 0.1) is 11.3 Å². The number of fused-ring (bicyclic) bond motifs is 1. The van der Waals surface area contributed by atoms with E-state index in [1.54, 1.807) is 0 Å². The third-order valence-electron chi connectivity index (χ3n) is 3.06. The third-order valence-corrected chi connectivity index (χ3v) is 3.99. The smallest absolute Gasteiger partial charge is 0.195 e. The van der Waals surface area contributed by atoms with Gasteiger partial charge in [-0.3, -0.25) is 0 Å². The van der Waals surface area contributed by atoms with E-state index in [2.05, 4.69) is 16.4 Å². The van der Waals surface area contributed by atoms with Crippen LogP contribution >= 0.6 is 11.3 Å². The van der Waals surface area contributed by atoms with Crippen molar-refractivity contribution in [1.29, 1.82) is 5.26 Å². The molecule has 0 bridgehead atoms. The molecule has 0 aliphatic carbocycles. The number of nitrogens with one attached hydrogen (secondary N) is 1. The average molecular weight is 310 g/mol. The van der Waals surface area contributed by atoms with Gasteiger partial charge < -0.3 is 15.8 Å². The average Bonchev–Trinajstić information content (AvgIpc) is 2.95. The molecule has 0 amide bonds. The van der Waals surface area contributed by atoms with Gasteiger partial charge in [-0.15, -0.1) is 11.3 Å². The van der Waals surface area contributed by atoms with Crippen LogP contribution in [-0.4, -0.2) is 18.1 Å². The van der Waals surface area contributed by atoms with Crippen molar-refractivity contribution in [2.75, 3.05) is 24.2 Å². The first-order valence-electron chi connectivity index (χ1n) is 6.77. The predicted octanol–water partition coefficient (Wildman–Crippen LogP) is 3.24. The van der Waals surface area contributed by atoms with Crippen LogP contribution in [0.4, 0.5) is 11.4 Å². The number of nitriles is 1. The standard InChI is InChI=1S/C16H14N4OS/c17-10-16-20-14-6-3-12(9-15(14)22-16)19-7-8-21-13-4-1-11(18)2-5-13/h1-6,9,19H,7-8,18H2. The minimum atomic E-state index is 0.485. The molecule has 2 aromatic carbocycles. The summed E-state index contributed by atoms with van der Waals surface area (Å²) in [6.07, 6.45) is 0. The van der Waals surface area contributed by atoms with E-state index in [4.69, 9.17) is 15.7 Å². The van der Waals surface area contributed by atoms with Gasteiger partial charge in [-0.05, 0) is 42.5 Å². The van der Waals surface area contributed by atoms with Gasteiger partial charge in [-0.2, -0.15) is 5.26 Å². The van der Waals surface area contributed by atoms with E-state index in [0.717, 1.165) is 27.3 Å². The predicted molar refractivity (Wildman–Crippen MR) is 89.2 cm³/mol. The second kappa shape index (κ2) is 6.33. The first-order valence-corrected chi connectivity index (χ1v) is 7.59. The summed E-state index contributed by atoms with van der Waals surface area (Å²) in [5.74, 6) is 0.799. The minimum Gasteiger partial charge on any atom is -0.492 e. The van der Waals surface area contributed by atoms with Gasteiger partial charge in [-0.25, -0.2) is 4.98 Å². The highest BCUT2D eigenvalue weighted by Crippen LogP contribution is 2.24. The number of anilines is 2. The number of hydrogen-bond donors (Lipinski definition) is 2. The van der Waals surface area contributed by atoms with Crippen LogP contribution in [0.2, 0.25) is 0 Å². The Kier molecular flexibility index (Phi) is 4.08. The summed E-state index contributed by atoms with van der Waals surface area (Å²) in [6.45, 7) is 1.23. The van der Waals surface area contributed by atoms with Gasteiger partial charge in [0, 0.05) is 17.9 Å². The molecular weight excluding hydrogens is 296 g/mol. The summed E-state index contributed by atoms with van der Waals surface area (Å²) >= 11 is 1.39. The van der Waals surface area contributed by atoms with E-state index in [0.29, 0.717) is 18.2 Å². The first-order chi connectivity index (χ1) is 10.7. The summed E-state index contributed by atoms with van der Waals surface area (Å²) in [6, 6.07) is 15.3. The molecule has 0 radical (unpaired) electrons. The normalized spacial score (nSPS) is 10.3. The SMILES string of the molecule is N#Cc1nc2ccc(NCCOc3ccc(N)cc3)cc2s1. The van der Waals surface area contributed by atoms with E-state index in [1.165, 1.54) is 11.3 Å². The monoisotopic (exact) mass is 310 g/mol. The fraction of sp³-hybridized carbons (Fsp3) is 0.125. The molecule has 3 aromatic rings. The van der Waals surface area contributed by atoms with Gasteiger partial charge in [0.2, 0.25) is 0 Å². The molecule has 3 rings (SSSR count). The minimum absolute atomic E-state index is 0.485. The lowest BCUT2D eigenvalue weighted by molar-refractivity contribution is 0.333. The number of thiazole rings is 1. The lowest BCUT2D eigenvalue weighted by atomic mass is 10.3. The van der Waals surface area contributed by atoms with Crippen molar-refractivity contribution in [2.24, 2.45) is 0 Å². The molecule has 0 fully saturated rings. The van der Waals surface area contributed by atoms with Crippen molar-refractivity contribution in [1.82, 2.24) is 4.98 Å². The molecule has 0 aliphatic rings. The number of rotatable bonds is 5. The zero-order chi connectivity index (χ0) is 15.4. The summed E-state index contributed by atoms with van der Waals surface area (Å²) in [4.78, 5) is 4.21. The van der Waals surface area contributed by atoms with Crippen molar-refractivity contribution in [3.05, 3.63) is 47.5 Å². The molecule has 0 saturated heterocycles. The number of nitrogens with zero attached hydrogens (tertiary/aromatic N) is 2. The Morgan fingerprint density at radius 3 is 2.82 bits per heavy atom. The summed E-state index contributed by atoms with van der Waals surface area (Å²) < 4.78 is 6.62. The molecule has 3 N–H and O–H groups in total. The molecule has 6 heteroatoms. The number of ether oxygens (including phenoxy) is 1. The van der Waals surface area contributed by atoms with Crippen LogP contribution in [0.1, 0.15) is 5.01 Å². The van der Waals surface area contributed by atoms with Crippen LogP contribution in [0.3, 0.4) is 0 Å². The fourth-order valence-electron chi connectivity index (χ4n) is 2.01. The Bertz CT molecular complexity index is 820. The quantitative estimate of drug-likeness (QED) is 0.558. The number of hydrogen-bond acceptors (Lipinski definition) is 6. The van der Waals surface area contributed by atoms with Gasteiger partial charge >= 0.3 is 0 Å². The Labute approximate surface area is 132 Å². The number of aromatic nitrogens is 1. The van der Waals surface area contributed by atoms with E-state index < -0.39 is 0 Å². The number of nitrogens with two attached hydrogens (primary N) is 1. The maximum Gasteiger partial charge on any atom is 0.195 e. The summed E-state index contributed by atoms with van der Waals surface area (Å²) in [7, 11) is 0. The zero-order valence-corrected chi connectivity index (χ0v) is 12.6. The van der Waals surface area contributed by atoms with Gasteiger partial charge in [0.25, 0.3) is 0 Å². The second-order valence-corrected chi connectivity index (χ2v) is 5.69. The van der Waals surface area contributed by atoms with Crippen LogP contribution in [0.15, 0.2) is 42.5 Å².